The Hall–Kier alpha value is -1.48. The Balaban J connectivity index is 2.40. The molecule has 0 aromatic heterocycles. The van der Waals surface area contributed by atoms with Crippen molar-refractivity contribution in [1.29, 1.82) is 0 Å². The minimum atomic E-state index is -2.60. The number of hydrogen-bond acceptors (Lipinski definition) is 3. The Morgan fingerprint density at radius 3 is 2.88 bits per heavy atom. The molecule has 1 heterocycles. The van der Waals surface area contributed by atoms with Crippen LogP contribution in [0.1, 0.15) is 33.1 Å². The average Bonchev–Trinajstić information content (AvgIpc) is 2.43. The Labute approximate surface area is 100 Å². The smallest absolute Gasteiger partial charge is 0.249 e. The van der Waals surface area contributed by atoms with E-state index in [1.54, 1.807) is 13.0 Å². The molecule has 0 spiro atoms. The molecule has 0 bridgehead atoms. The highest BCUT2D eigenvalue weighted by molar-refractivity contribution is 5.97. The highest BCUT2D eigenvalue weighted by Crippen LogP contribution is 2.23. The number of alkyl halides is 2. The zero-order valence-electron chi connectivity index (χ0n) is 10.1. The summed E-state index contributed by atoms with van der Waals surface area (Å²) in [7, 11) is 0. The monoisotopic (exact) mass is 241 g/mol. The number of hydrogen-bond donors (Lipinski definition) is 1. The third-order valence-electron chi connectivity index (χ3n) is 2.26. The zero-order chi connectivity index (χ0) is 12.7. The van der Waals surface area contributed by atoms with E-state index >= 15 is 0 Å². The molecule has 1 N–H and O–H groups in total. The molecule has 0 atom stereocenters. The van der Waals surface area contributed by atoms with Crippen LogP contribution in [-0.2, 0) is 0 Å². The van der Waals surface area contributed by atoms with Crippen LogP contribution in [0, 0.1) is 0 Å². The van der Waals surface area contributed by atoms with Gasteiger partial charge in [0.15, 0.2) is 5.82 Å². The summed E-state index contributed by atoms with van der Waals surface area (Å²) in [5, 5.41) is 2.82. The number of allylic oxidation sites excluding steroid dienone is 1. The average molecular weight is 241 g/mol. The third kappa shape index (κ3) is 5.41. The molecule has 5 heteroatoms. The number of halogens is 2. The SMILES string of the molecule is CCCC(F)(F)CCNC1=C=CC(C)=NC=N1. The van der Waals surface area contributed by atoms with E-state index in [0.717, 1.165) is 5.71 Å². The standard InChI is InChI=1S/C12H17F2N3/c1-3-6-12(13,14)7-8-15-11-5-4-10(2)16-9-17-11/h4,9,15H,3,6-8H2,1-2H3. The van der Waals surface area contributed by atoms with Gasteiger partial charge in [-0.05, 0) is 6.92 Å². The van der Waals surface area contributed by atoms with E-state index in [4.69, 9.17) is 0 Å². The lowest BCUT2D eigenvalue weighted by atomic mass is 10.1. The van der Waals surface area contributed by atoms with Crippen molar-refractivity contribution in [2.75, 3.05) is 6.54 Å². The first-order chi connectivity index (χ1) is 8.03. The molecule has 0 fully saturated rings. The molecule has 0 saturated carbocycles. The Bertz CT molecular complexity index is 377. The van der Waals surface area contributed by atoms with Gasteiger partial charge in [-0.15, -0.1) is 0 Å². The van der Waals surface area contributed by atoms with Gasteiger partial charge in [-0.3, -0.25) is 0 Å². The van der Waals surface area contributed by atoms with Crippen molar-refractivity contribution in [2.45, 2.75) is 39.0 Å². The Morgan fingerprint density at radius 1 is 1.41 bits per heavy atom. The zero-order valence-corrected chi connectivity index (χ0v) is 10.1. The van der Waals surface area contributed by atoms with Gasteiger partial charge < -0.3 is 5.32 Å². The largest absolute Gasteiger partial charge is 0.363 e. The van der Waals surface area contributed by atoms with Crippen molar-refractivity contribution in [3.8, 4) is 0 Å². The van der Waals surface area contributed by atoms with E-state index in [2.05, 4.69) is 21.0 Å². The molecular formula is C12H17F2N3. The topological polar surface area (TPSA) is 36.8 Å². The molecule has 0 radical (unpaired) electrons. The first-order valence-electron chi connectivity index (χ1n) is 5.69. The van der Waals surface area contributed by atoms with Crippen LogP contribution >= 0.6 is 0 Å². The second kappa shape index (κ2) is 6.30. The highest BCUT2D eigenvalue weighted by Gasteiger charge is 2.26. The first-order valence-corrected chi connectivity index (χ1v) is 5.69. The van der Waals surface area contributed by atoms with Crippen LogP contribution in [0.25, 0.3) is 0 Å². The van der Waals surface area contributed by atoms with Crippen molar-refractivity contribution in [3.63, 3.8) is 0 Å². The number of nitrogens with one attached hydrogen (secondary N) is 1. The van der Waals surface area contributed by atoms with Gasteiger partial charge in [-0.1, -0.05) is 19.1 Å². The summed E-state index contributed by atoms with van der Waals surface area (Å²) < 4.78 is 26.4. The van der Waals surface area contributed by atoms with Crippen LogP contribution in [0.5, 0.6) is 0 Å². The molecular weight excluding hydrogens is 224 g/mol. The Morgan fingerprint density at radius 2 is 2.18 bits per heavy atom. The van der Waals surface area contributed by atoms with E-state index < -0.39 is 5.92 Å². The van der Waals surface area contributed by atoms with Crippen LogP contribution in [0.15, 0.2) is 27.6 Å². The normalized spacial score (nSPS) is 15.3. The predicted octanol–water partition coefficient (Wildman–Crippen LogP) is 2.90. The number of rotatable bonds is 6. The minimum Gasteiger partial charge on any atom is -0.363 e. The summed E-state index contributed by atoms with van der Waals surface area (Å²) >= 11 is 0. The van der Waals surface area contributed by atoms with Crippen LogP contribution < -0.4 is 5.32 Å². The molecule has 1 aliphatic heterocycles. The highest BCUT2D eigenvalue weighted by atomic mass is 19.3. The van der Waals surface area contributed by atoms with Gasteiger partial charge in [0.1, 0.15) is 6.34 Å². The lowest BCUT2D eigenvalue weighted by Crippen LogP contribution is -2.24. The lowest BCUT2D eigenvalue weighted by molar-refractivity contribution is -0.0156. The summed E-state index contributed by atoms with van der Waals surface area (Å²) in [5.74, 6) is -2.16. The molecule has 94 valence electrons. The van der Waals surface area contributed by atoms with Gasteiger partial charge in [0.2, 0.25) is 5.92 Å². The molecule has 0 aromatic carbocycles. The molecule has 1 aliphatic rings. The van der Waals surface area contributed by atoms with Gasteiger partial charge >= 0.3 is 0 Å². The third-order valence-corrected chi connectivity index (χ3v) is 2.26. The summed E-state index contributed by atoms with van der Waals surface area (Å²) in [6.07, 6.45) is 3.27. The van der Waals surface area contributed by atoms with Crippen LogP contribution in [0.4, 0.5) is 8.78 Å². The van der Waals surface area contributed by atoms with E-state index in [9.17, 15) is 8.78 Å². The van der Waals surface area contributed by atoms with Crippen LogP contribution in [0.2, 0.25) is 0 Å². The fourth-order valence-corrected chi connectivity index (χ4v) is 1.38. The molecule has 1 rings (SSSR count). The van der Waals surface area contributed by atoms with E-state index in [1.807, 2.05) is 6.92 Å². The van der Waals surface area contributed by atoms with Crippen molar-refractivity contribution >= 4 is 12.1 Å². The molecule has 0 aliphatic carbocycles. The Kier molecular flexibility index (Phi) is 5.04. The molecule has 17 heavy (non-hydrogen) atoms. The second-order valence-corrected chi connectivity index (χ2v) is 3.94. The van der Waals surface area contributed by atoms with Gasteiger partial charge in [0, 0.05) is 31.2 Å². The first kappa shape index (κ1) is 13.6. The van der Waals surface area contributed by atoms with E-state index in [0.29, 0.717) is 12.2 Å². The minimum absolute atomic E-state index is 0.0744. The van der Waals surface area contributed by atoms with Gasteiger partial charge in [-0.25, -0.2) is 18.8 Å². The second-order valence-electron chi connectivity index (χ2n) is 3.94. The van der Waals surface area contributed by atoms with Gasteiger partial charge in [-0.2, -0.15) is 0 Å². The quantitative estimate of drug-likeness (QED) is 0.713. The molecule has 0 saturated heterocycles. The summed E-state index contributed by atoms with van der Waals surface area (Å²) in [4.78, 5) is 7.90. The van der Waals surface area contributed by atoms with Crippen molar-refractivity contribution in [3.05, 3.63) is 17.6 Å². The van der Waals surface area contributed by atoms with Gasteiger partial charge in [0.25, 0.3) is 0 Å². The van der Waals surface area contributed by atoms with Crippen molar-refractivity contribution in [2.24, 2.45) is 9.98 Å². The summed E-state index contributed by atoms with van der Waals surface area (Å²) in [6, 6.07) is 0. The van der Waals surface area contributed by atoms with Crippen LogP contribution in [0.3, 0.4) is 0 Å². The van der Waals surface area contributed by atoms with Crippen molar-refractivity contribution in [1.82, 2.24) is 5.32 Å². The van der Waals surface area contributed by atoms with Crippen LogP contribution in [-0.4, -0.2) is 24.5 Å². The van der Waals surface area contributed by atoms with Crippen molar-refractivity contribution < 1.29 is 8.78 Å². The molecule has 0 aromatic rings. The number of nitrogens with zero attached hydrogens (tertiary/aromatic N) is 2. The molecule has 0 amide bonds. The van der Waals surface area contributed by atoms with E-state index in [1.165, 1.54) is 6.34 Å². The maximum absolute atomic E-state index is 13.2. The molecule has 0 unspecified atom stereocenters. The number of aliphatic imine (C=N–C) groups is 2. The fraction of sp³-hybridized carbons (Fsp3) is 0.583. The van der Waals surface area contributed by atoms with E-state index in [-0.39, 0.29) is 19.4 Å². The maximum Gasteiger partial charge on any atom is 0.249 e. The fourth-order valence-electron chi connectivity index (χ4n) is 1.38. The summed E-state index contributed by atoms with van der Waals surface area (Å²) in [5.41, 5.74) is 3.64. The lowest BCUT2D eigenvalue weighted by Gasteiger charge is -2.15. The molecule has 3 nitrogen and oxygen atoms in total. The summed E-state index contributed by atoms with van der Waals surface area (Å²) in [6.45, 7) is 3.75. The predicted molar refractivity (Wildman–Crippen MR) is 65.7 cm³/mol. The van der Waals surface area contributed by atoms with Gasteiger partial charge in [0.05, 0.1) is 0 Å². The maximum atomic E-state index is 13.2.